The van der Waals surface area contributed by atoms with Crippen LogP contribution in [0, 0.1) is 0 Å². The molecule has 0 aromatic carbocycles. The van der Waals surface area contributed by atoms with Crippen LogP contribution in [0.2, 0.25) is 0 Å². The quantitative estimate of drug-likeness (QED) is 0.0553. The van der Waals surface area contributed by atoms with Gasteiger partial charge in [-0.3, -0.25) is 14.4 Å². The first-order valence-electron chi connectivity index (χ1n) is 16.3. The largest absolute Gasteiger partial charge is 0.480 e. The molecule has 1 unspecified atom stereocenters. The van der Waals surface area contributed by atoms with Crippen LogP contribution in [0.5, 0.6) is 0 Å². The summed E-state index contributed by atoms with van der Waals surface area (Å²) in [7, 11) is 0. The Hall–Kier alpha value is -2.63. The molecule has 0 saturated carbocycles. The van der Waals surface area contributed by atoms with Crippen molar-refractivity contribution in [1.82, 2.24) is 5.32 Å². The van der Waals surface area contributed by atoms with Crippen LogP contribution < -0.4 is 5.32 Å². The van der Waals surface area contributed by atoms with E-state index in [4.69, 9.17) is 9.84 Å². The molecule has 41 heavy (non-hydrogen) atoms. The van der Waals surface area contributed by atoms with Gasteiger partial charge in [0, 0.05) is 12.8 Å². The predicted octanol–water partition coefficient (Wildman–Crippen LogP) is 9.17. The molecule has 0 aliphatic heterocycles. The highest BCUT2D eigenvalue weighted by Crippen LogP contribution is 2.14. The normalized spacial score (nSPS) is 12.6. The molecule has 1 amide bonds. The molecule has 0 fully saturated rings. The van der Waals surface area contributed by atoms with Gasteiger partial charge in [0.1, 0.15) is 12.6 Å². The molecule has 0 rings (SSSR count). The van der Waals surface area contributed by atoms with Crippen LogP contribution in [0.25, 0.3) is 0 Å². The molecule has 0 saturated heterocycles. The minimum Gasteiger partial charge on any atom is -0.480 e. The van der Waals surface area contributed by atoms with Crippen molar-refractivity contribution in [2.45, 2.75) is 148 Å². The van der Waals surface area contributed by atoms with E-state index in [0.29, 0.717) is 12.8 Å². The lowest BCUT2D eigenvalue weighted by atomic mass is 10.1. The van der Waals surface area contributed by atoms with Gasteiger partial charge in [-0.2, -0.15) is 0 Å². The number of carboxylic acid groups (broad SMARTS) is 1. The number of hydrogen-bond acceptors (Lipinski definition) is 4. The monoisotopic (exact) mass is 573 g/mol. The van der Waals surface area contributed by atoms with E-state index < -0.39 is 5.97 Å². The highest BCUT2D eigenvalue weighted by Gasteiger charge is 2.11. The van der Waals surface area contributed by atoms with Crippen molar-refractivity contribution >= 4 is 17.8 Å². The topological polar surface area (TPSA) is 92.7 Å². The fourth-order valence-electron chi connectivity index (χ4n) is 4.32. The number of esters is 1. The summed E-state index contributed by atoms with van der Waals surface area (Å²) in [6.45, 7) is 4.02. The lowest BCUT2D eigenvalue weighted by Crippen LogP contribution is -2.28. The number of ether oxygens (including phenoxy) is 1. The fraction of sp³-hybridized carbons (Fsp3) is 0.686. The van der Waals surface area contributed by atoms with Crippen LogP contribution in [-0.4, -0.2) is 35.6 Å². The Labute approximate surface area is 250 Å². The first-order valence-corrected chi connectivity index (χ1v) is 16.3. The van der Waals surface area contributed by atoms with Crippen LogP contribution in [0.4, 0.5) is 0 Å². The molecule has 2 N–H and O–H groups in total. The summed E-state index contributed by atoms with van der Waals surface area (Å²) < 4.78 is 5.82. The van der Waals surface area contributed by atoms with E-state index in [-0.39, 0.29) is 24.5 Å². The zero-order chi connectivity index (χ0) is 30.2. The number of unbranched alkanes of at least 4 members (excludes halogenated alkanes) is 11. The maximum atomic E-state index is 12.5. The summed E-state index contributed by atoms with van der Waals surface area (Å²) in [6.07, 6.45) is 36.7. The first kappa shape index (κ1) is 38.4. The van der Waals surface area contributed by atoms with Gasteiger partial charge in [0.05, 0.1) is 0 Å². The smallest absolute Gasteiger partial charge is 0.322 e. The van der Waals surface area contributed by atoms with E-state index in [2.05, 4.69) is 61.7 Å². The second kappa shape index (κ2) is 30.3. The molecular weight excluding hydrogens is 514 g/mol. The number of amides is 1. The number of rotatable bonds is 28. The molecule has 0 radical (unpaired) electrons. The van der Waals surface area contributed by atoms with Gasteiger partial charge in [-0.15, -0.1) is 0 Å². The SMILES string of the molecule is CC/C=C\C/C=C\C/C=C\C(CCCCCCC(=O)NCC(=O)O)OC(=O)CCCCCCC/C=C\CCCCC. The van der Waals surface area contributed by atoms with Crippen LogP contribution in [0.15, 0.2) is 48.6 Å². The highest BCUT2D eigenvalue weighted by molar-refractivity contribution is 5.80. The van der Waals surface area contributed by atoms with Gasteiger partial charge in [0.15, 0.2) is 0 Å². The van der Waals surface area contributed by atoms with Crippen molar-refractivity contribution in [3.8, 4) is 0 Å². The van der Waals surface area contributed by atoms with E-state index in [1.54, 1.807) is 0 Å². The fourth-order valence-corrected chi connectivity index (χ4v) is 4.32. The van der Waals surface area contributed by atoms with Crippen molar-refractivity contribution in [3.05, 3.63) is 48.6 Å². The number of aliphatic carboxylic acids is 1. The van der Waals surface area contributed by atoms with E-state index >= 15 is 0 Å². The molecule has 0 bridgehead atoms. The molecule has 234 valence electrons. The van der Waals surface area contributed by atoms with Crippen LogP contribution in [-0.2, 0) is 19.1 Å². The summed E-state index contributed by atoms with van der Waals surface area (Å²) in [5, 5.41) is 11.0. The van der Waals surface area contributed by atoms with Crippen molar-refractivity contribution in [3.63, 3.8) is 0 Å². The summed E-state index contributed by atoms with van der Waals surface area (Å²) in [4.78, 5) is 34.7. The third-order valence-electron chi connectivity index (χ3n) is 6.72. The van der Waals surface area contributed by atoms with Crippen molar-refractivity contribution < 1.29 is 24.2 Å². The average molecular weight is 574 g/mol. The third kappa shape index (κ3) is 30.2. The number of allylic oxidation sites excluding steroid dienone is 7. The highest BCUT2D eigenvalue weighted by atomic mass is 16.5. The Kier molecular flexibility index (Phi) is 28.4. The predicted molar refractivity (Wildman–Crippen MR) is 171 cm³/mol. The van der Waals surface area contributed by atoms with Crippen LogP contribution >= 0.6 is 0 Å². The van der Waals surface area contributed by atoms with E-state index in [1.807, 2.05) is 6.08 Å². The molecule has 6 heteroatoms. The van der Waals surface area contributed by atoms with Crippen molar-refractivity contribution in [2.75, 3.05) is 6.54 Å². The maximum absolute atomic E-state index is 12.5. The zero-order valence-electron chi connectivity index (χ0n) is 26.1. The second-order valence-corrected chi connectivity index (χ2v) is 10.7. The Bertz CT molecular complexity index is 769. The number of carbonyl (C=O) groups is 3. The van der Waals surface area contributed by atoms with Crippen molar-refractivity contribution in [1.29, 1.82) is 0 Å². The Morgan fingerprint density at radius 3 is 1.95 bits per heavy atom. The van der Waals surface area contributed by atoms with Gasteiger partial charge in [-0.1, -0.05) is 101 Å². The van der Waals surface area contributed by atoms with Crippen molar-refractivity contribution in [2.24, 2.45) is 0 Å². The number of carboxylic acids is 1. The lowest BCUT2D eigenvalue weighted by molar-refractivity contribution is -0.147. The van der Waals surface area contributed by atoms with E-state index in [1.165, 1.54) is 38.5 Å². The molecule has 0 aromatic heterocycles. The first-order chi connectivity index (χ1) is 20.0. The van der Waals surface area contributed by atoms with Gasteiger partial charge < -0.3 is 15.2 Å². The standard InChI is InChI=1S/C35H59NO5/c1-3-5-7-9-11-13-14-15-16-18-20-26-30-35(40)41-32(27-23-19-17-12-10-8-6-4-2)28-24-21-22-25-29-33(37)36-31-34(38)39/h6,8,11-13,17,23,27,32H,3-5,7,9-10,14-16,18-22,24-26,28-31H2,1-2H3,(H,36,37)(H,38,39)/b8-6-,13-11-,17-12-,27-23-. The summed E-state index contributed by atoms with van der Waals surface area (Å²) in [5.41, 5.74) is 0. The summed E-state index contributed by atoms with van der Waals surface area (Å²) in [5.74, 6) is -1.38. The molecule has 1 atom stereocenters. The Morgan fingerprint density at radius 1 is 0.683 bits per heavy atom. The summed E-state index contributed by atoms with van der Waals surface area (Å²) in [6, 6.07) is 0. The van der Waals surface area contributed by atoms with Gasteiger partial charge >= 0.3 is 11.9 Å². The summed E-state index contributed by atoms with van der Waals surface area (Å²) >= 11 is 0. The lowest BCUT2D eigenvalue weighted by Gasteiger charge is -2.14. The van der Waals surface area contributed by atoms with Gasteiger partial charge in [0.25, 0.3) is 0 Å². The number of nitrogens with one attached hydrogen (secondary N) is 1. The number of hydrogen-bond donors (Lipinski definition) is 2. The minimum atomic E-state index is -1.03. The maximum Gasteiger partial charge on any atom is 0.322 e. The molecule has 0 aromatic rings. The van der Waals surface area contributed by atoms with Gasteiger partial charge in [0.2, 0.25) is 5.91 Å². The van der Waals surface area contributed by atoms with E-state index in [0.717, 1.165) is 77.0 Å². The molecule has 0 aliphatic rings. The zero-order valence-corrected chi connectivity index (χ0v) is 26.1. The molecule has 0 heterocycles. The average Bonchev–Trinajstić information content (AvgIpc) is 2.95. The Balaban J connectivity index is 4.29. The number of carbonyl (C=O) groups excluding carboxylic acids is 2. The van der Waals surface area contributed by atoms with Gasteiger partial charge in [-0.05, 0) is 76.7 Å². The minimum absolute atomic E-state index is 0.120. The van der Waals surface area contributed by atoms with Crippen LogP contribution in [0.1, 0.15) is 142 Å². The van der Waals surface area contributed by atoms with Crippen LogP contribution in [0.3, 0.4) is 0 Å². The van der Waals surface area contributed by atoms with Gasteiger partial charge in [-0.25, -0.2) is 0 Å². The molecule has 0 aliphatic carbocycles. The second-order valence-electron chi connectivity index (χ2n) is 10.7. The Morgan fingerprint density at radius 2 is 1.27 bits per heavy atom. The molecule has 6 nitrogen and oxygen atoms in total. The third-order valence-corrected chi connectivity index (χ3v) is 6.72. The molecular formula is C35H59NO5. The van der Waals surface area contributed by atoms with E-state index in [9.17, 15) is 14.4 Å². The molecule has 0 spiro atoms.